The number of benzene rings is 1. The molecule has 1 aromatic heterocycles. The number of aryl methyl sites for hydroxylation is 2. The summed E-state index contributed by atoms with van der Waals surface area (Å²) in [6.07, 6.45) is 3.27. The zero-order valence-corrected chi connectivity index (χ0v) is 14.8. The number of imidazole rings is 1. The number of nitrogens with zero attached hydrogens (tertiary/aromatic N) is 3. The van der Waals surface area contributed by atoms with E-state index in [0.29, 0.717) is 5.70 Å². The van der Waals surface area contributed by atoms with Gasteiger partial charge in [-0.15, -0.1) is 0 Å². The highest BCUT2D eigenvalue weighted by atomic mass is 16.2. The third kappa shape index (κ3) is 2.79. The highest BCUT2D eigenvalue weighted by Gasteiger charge is 2.21. The van der Waals surface area contributed by atoms with E-state index < -0.39 is 0 Å². The summed E-state index contributed by atoms with van der Waals surface area (Å²) in [5.41, 5.74) is 4.33. The zero-order chi connectivity index (χ0) is 17.4. The minimum Gasteiger partial charge on any atom is -0.341 e. The van der Waals surface area contributed by atoms with Crippen LogP contribution in [0.15, 0.2) is 23.5 Å². The van der Waals surface area contributed by atoms with Gasteiger partial charge in [0.1, 0.15) is 6.54 Å². The number of rotatable bonds is 3. The molecule has 1 aliphatic heterocycles. The molecule has 0 radical (unpaired) electrons. The van der Waals surface area contributed by atoms with Gasteiger partial charge in [-0.1, -0.05) is 6.58 Å². The second-order valence-corrected chi connectivity index (χ2v) is 6.81. The number of carbonyl (C=O) groups excluding carboxylic acids is 1. The smallest absolute Gasteiger partial charge is 0.333 e. The number of allylic oxidation sites excluding steroid dienone is 1. The average molecular weight is 327 g/mol. The third-order valence-corrected chi connectivity index (χ3v) is 4.93. The van der Waals surface area contributed by atoms with Crippen molar-refractivity contribution in [2.45, 2.75) is 46.6 Å². The molecule has 2 heterocycles. The molecular formula is C19H25N3O2. The van der Waals surface area contributed by atoms with Crippen molar-refractivity contribution < 1.29 is 4.79 Å². The normalized spacial score (nSPS) is 15.0. The van der Waals surface area contributed by atoms with Crippen molar-refractivity contribution in [3.63, 3.8) is 0 Å². The molecule has 1 aliphatic rings. The Morgan fingerprint density at radius 3 is 2.25 bits per heavy atom. The molecule has 2 aromatic rings. The number of aromatic nitrogens is 2. The van der Waals surface area contributed by atoms with Crippen LogP contribution in [0.4, 0.5) is 0 Å². The summed E-state index contributed by atoms with van der Waals surface area (Å²) >= 11 is 0. The predicted octanol–water partition coefficient (Wildman–Crippen LogP) is 2.92. The lowest BCUT2D eigenvalue weighted by Crippen LogP contribution is -2.39. The van der Waals surface area contributed by atoms with Crippen molar-refractivity contribution in [3.8, 4) is 0 Å². The number of likely N-dealkylation sites (tertiary alicyclic amines) is 1. The summed E-state index contributed by atoms with van der Waals surface area (Å²) in [4.78, 5) is 27.4. The molecule has 0 aliphatic carbocycles. The van der Waals surface area contributed by atoms with Crippen molar-refractivity contribution in [2.24, 2.45) is 0 Å². The number of hydrogen-bond donors (Lipinski definition) is 0. The number of piperidine rings is 1. The van der Waals surface area contributed by atoms with E-state index in [-0.39, 0.29) is 18.1 Å². The van der Waals surface area contributed by atoms with Gasteiger partial charge in [-0.2, -0.15) is 0 Å². The second kappa shape index (κ2) is 6.30. The van der Waals surface area contributed by atoms with Gasteiger partial charge in [-0.3, -0.25) is 13.9 Å². The quantitative estimate of drug-likeness (QED) is 0.870. The fraction of sp³-hybridized carbons (Fsp3) is 0.474. The summed E-state index contributed by atoms with van der Waals surface area (Å²) in [5, 5.41) is 0. The fourth-order valence-electron chi connectivity index (χ4n) is 3.41. The van der Waals surface area contributed by atoms with Gasteiger partial charge in [-0.05, 0) is 63.3 Å². The first-order chi connectivity index (χ1) is 11.4. The summed E-state index contributed by atoms with van der Waals surface area (Å²) < 4.78 is 3.19. The maximum atomic E-state index is 12.9. The van der Waals surface area contributed by atoms with Crippen molar-refractivity contribution in [3.05, 3.63) is 40.3 Å². The first kappa shape index (κ1) is 16.6. The predicted molar refractivity (Wildman–Crippen MR) is 97.1 cm³/mol. The molecule has 1 fully saturated rings. The van der Waals surface area contributed by atoms with Crippen LogP contribution >= 0.6 is 0 Å². The molecule has 0 saturated carbocycles. The van der Waals surface area contributed by atoms with Crippen molar-refractivity contribution in [1.29, 1.82) is 0 Å². The van der Waals surface area contributed by atoms with Gasteiger partial charge in [0.15, 0.2) is 0 Å². The van der Waals surface area contributed by atoms with E-state index in [0.717, 1.165) is 48.1 Å². The van der Waals surface area contributed by atoms with Crippen LogP contribution in [0.5, 0.6) is 0 Å². The van der Waals surface area contributed by atoms with Crippen molar-refractivity contribution in [1.82, 2.24) is 14.0 Å². The number of amides is 1. The molecule has 0 bridgehead atoms. The first-order valence-corrected chi connectivity index (χ1v) is 8.56. The van der Waals surface area contributed by atoms with E-state index in [1.165, 1.54) is 6.42 Å². The van der Waals surface area contributed by atoms with E-state index in [4.69, 9.17) is 0 Å². The second-order valence-electron chi connectivity index (χ2n) is 6.81. The van der Waals surface area contributed by atoms with Crippen LogP contribution in [0.2, 0.25) is 0 Å². The van der Waals surface area contributed by atoms with Gasteiger partial charge in [0.25, 0.3) is 0 Å². The summed E-state index contributed by atoms with van der Waals surface area (Å²) in [5.74, 6) is 0.0239. The minimum absolute atomic E-state index is 0.0239. The Labute approximate surface area is 142 Å². The molecule has 24 heavy (non-hydrogen) atoms. The molecule has 5 nitrogen and oxygen atoms in total. The molecule has 128 valence electrons. The van der Waals surface area contributed by atoms with Crippen LogP contribution in [0.1, 0.15) is 37.3 Å². The Kier molecular flexibility index (Phi) is 4.35. The summed E-state index contributed by atoms with van der Waals surface area (Å²) in [6.45, 7) is 11.5. The Morgan fingerprint density at radius 2 is 1.67 bits per heavy atom. The third-order valence-electron chi connectivity index (χ3n) is 4.93. The van der Waals surface area contributed by atoms with E-state index in [1.54, 1.807) is 9.13 Å². The van der Waals surface area contributed by atoms with Crippen LogP contribution in [-0.4, -0.2) is 33.0 Å². The fourth-order valence-corrected chi connectivity index (χ4v) is 3.41. The van der Waals surface area contributed by atoms with Crippen LogP contribution < -0.4 is 5.69 Å². The highest BCUT2D eigenvalue weighted by Crippen LogP contribution is 2.21. The lowest BCUT2D eigenvalue weighted by Gasteiger charge is -2.26. The lowest BCUT2D eigenvalue weighted by molar-refractivity contribution is -0.132. The summed E-state index contributed by atoms with van der Waals surface area (Å²) in [6, 6.07) is 4.00. The maximum Gasteiger partial charge on any atom is 0.333 e. The van der Waals surface area contributed by atoms with Crippen LogP contribution in [0.25, 0.3) is 16.7 Å². The minimum atomic E-state index is -0.187. The Morgan fingerprint density at radius 1 is 1.08 bits per heavy atom. The van der Waals surface area contributed by atoms with Crippen LogP contribution in [-0.2, 0) is 11.3 Å². The maximum absolute atomic E-state index is 12.9. The molecule has 0 unspecified atom stereocenters. The molecular weight excluding hydrogens is 302 g/mol. The molecule has 1 saturated heterocycles. The van der Waals surface area contributed by atoms with Gasteiger partial charge in [0.05, 0.1) is 11.0 Å². The molecule has 3 rings (SSSR count). The average Bonchev–Trinajstić information content (AvgIpc) is 2.80. The number of carbonyl (C=O) groups is 1. The van der Waals surface area contributed by atoms with E-state index >= 15 is 0 Å². The number of fused-ring (bicyclic) bond motifs is 1. The van der Waals surface area contributed by atoms with Gasteiger partial charge in [0.2, 0.25) is 5.91 Å². The molecule has 0 atom stereocenters. The van der Waals surface area contributed by atoms with Crippen LogP contribution in [0, 0.1) is 13.8 Å². The highest BCUT2D eigenvalue weighted by molar-refractivity contribution is 5.84. The Balaban J connectivity index is 2.08. The van der Waals surface area contributed by atoms with Crippen molar-refractivity contribution >= 4 is 22.6 Å². The molecule has 1 aromatic carbocycles. The van der Waals surface area contributed by atoms with Crippen LogP contribution in [0.3, 0.4) is 0 Å². The zero-order valence-electron chi connectivity index (χ0n) is 14.8. The van der Waals surface area contributed by atoms with Gasteiger partial charge >= 0.3 is 5.69 Å². The topological polar surface area (TPSA) is 47.2 Å². The Hall–Kier alpha value is -2.30. The van der Waals surface area contributed by atoms with E-state index in [2.05, 4.69) is 6.58 Å². The Bertz CT molecular complexity index is 867. The van der Waals surface area contributed by atoms with Gasteiger partial charge < -0.3 is 4.90 Å². The van der Waals surface area contributed by atoms with E-state index in [9.17, 15) is 9.59 Å². The monoisotopic (exact) mass is 327 g/mol. The van der Waals surface area contributed by atoms with Crippen molar-refractivity contribution in [2.75, 3.05) is 13.1 Å². The van der Waals surface area contributed by atoms with E-state index in [1.807, 2.05) is 37.8 Å². The summed E-state index contributed by atoms with van der Waals surface area (Å²) in [7, 11) is 0. The SMILES string of the molecule is C=C(C)n1c(=O)n(CC(=O)N2CCCCC2)c2cc(C)c(C)cc21. The standard InChI is InChI=1S/C19H25N3O2/c1-13(2)22-17-11-15(4)14(3)10-16(17)21(19(22)24)12-18(23)20-8-6-5-7-9-20/h10-11H,1,5-9,12H2,2-4H3. The lowest BCUT2D eigenvalue weighted by atomic mass is 10.1. The van der Waals surface area contributed by atoms with Gasteiger partial charge in [-0.25, -0.2) is 4.79 Å². The molecule has 0 N–H and O–H groups in total. The number of hydrogen-bond acceptors (Lipinski definition) is 2. The van der Waals surface area contributed by atoms with Gasteiger partial charge in [0, 0.05) is 18.8 Å². The molecule has 5 heteroatoms. The molecule has 1 amide bonds. The first-order valence-electron chi connectivity index (χ1n) is 8.56. The molecule has 0 spiro atoms. The largest absolute Gasteiger partial charge is 0.341 e.